The van der Waals surface area contributed by atoms with Crippen molar-refractivity contribution >= 4 is 11.6 Å². The van der Waals surface area contributed by atoms with E-state index in [-0.39, 0.29) is 0 Å². The van der Waals surface area contributed by atoms with Crippen LogP contribution in [0.15, 0.2) is 0 Å². The topological polar surface area (TPSA) is 43.4 Å². The predicted molar refractivity (Wildman–Crippen MR) is 87.7 cm³/mol. The standard InChI is InChI=1S/C10H18O.C9H14O2/c1-4-9(11)5-8-6-10(2,3)7-8;1-2-8(10)7-3-9(4-7)5-11-6-9/h8H,4-7H2,1-3H3;7H,2-6H2,1H3. The van der Waals surface area contributed by atoms with Crippen LogP contribution in [0.3, 0.4) is 0 Å². The zero-order valence-corrected chi connectivity index (χ0v) is 14.7. The molecule has 2 aliphatic carbocycles. The number of carbonyl (C=O) groups excluding carboxylic acids is 2. The summed E-state index contributed by atoms with van der Waals surface area (Å²) in [6.45, 7) is 10.3. The fraction of sp³-hybridized carbons (Fsp3) is 0.895. The first-order valence-electron chi connectivity index (χ1n) is 8.91. The molecule has 22 heavy (non-hydrogen) atoms. The van der Waals surface area contributed by atoms with E-state index >= 15 is 0 Å². The van der Waals surface area contributed by atoms with E-state index in [0.29, 0.717) is 40.7 Å². The van der Waals surface area contributed by atoms with Gasteiger partial charge in [0, 0.05) is 30.6 Å². The van der Waals surface area contributed by atoms with Gasteiger partial charge >= 0.3 is 0 Å². The summed E-state index contributed by atoms with van der Waals surface area (Å²) in [6.07, 6.45) is 6.95. The highest BCUT2D eigenvalue weighted by molar-refractivity contribution is 5.81. The van der Waals surface area contributed by atoms with Crippen molar-refractivity contribution in [2.45, 2.75) is 72.6 Å². The average Bonchev–Trinajstić information content (AvgIpc) is 2.33. The molecule has 0 aromatic rings. The van der Waals surface area contributed by atoms with E-state index in [0.717, 1.165) is 38.9 Å². The Balaban J connectivity index is 0.000000160. The molecule has 0 unspecified atom stereocenters. The molecule has 1 heterocycles. The number of ether oxygens (including phenoxy) is 1. The monoisotopic (exact) mass is 308 g/mol. The van der Waals surface area contributed by atoms with Crippen LogP contribution >= 0.6 is 0 Å². The van der Waals surface area contributed by atoms with Crippen LogP contribution in [0, 0.1) is 22.7 Å². The molecule has 3 rings (SSSR count). The smallest absolute Gasteiger partial charge is 0.135 e. The summed E-state index contributed by atoms with van der Waals surface area (Å²) in [5.74, 6) is 1.97. The zero-order chi connectivity index (χ0) is 16.4. The van der Waals surface area contributed by atoms with Crippen LogP contribution < -0.4 is 0 Å². The molecule has 126 valence electrons. The van der Waals surface area contributed by atoms with E-state index in [1.165, 1.54) is 12.8 Å². The van der Waals surface area contributed by atoms with Gasteiger partial charge in [-0.25, -0.2) is 0 Å². The summed E-state index contributed by atoms with van der Waals surface area (Å²) in [6, 6.07) is 0. The van der Waals surface area contributed by atoms with Gasteiger partial charge in [-0.3, -0.25) is 9.59 Å². The molecule has 0 atom stereocenters. The lowest BCUT2D eigenvalue weighted by molar-refractivity contribution is -0.182. The van der Waals surface area contributed by atoms with Crippen molar-refractivity contribution < 1.29 is 14.3 Å². The zero-order valence-electron chi connectivity index (χ0n) is 14.7. The second kappa shape index (κ2) is 6.82. The summed E-state index contributed by atoms with van der Waals surface area (Å²) in [5.41, 5.74) is 0.980. The van der Waals surface area contributed by atoms with Crippen LogP contribution in [0.1, 0.15) is 72.6 Å². The van der Waals surface area contributed by atoms with Gasteiger partial charge in [0.05, 0.1) is 13.2 Å². The molecule has 0 amide bonds. The maximum absolute atomic E-state index is 11.2. The summed E-state index contributed by atoms with van der Waals surface area (Å²) in [5, 5.41) is 0. The minimum absolute atomic E-state index is 0.379. The summed E-state index contributed by atoms with van der Waals surface area (Å²) in [7, 11) is 0. The molecule has 2 saturated carbocycles. The van der Waals surface area contributed by atoms with Crippen LogP contribution in [0.5, 0.6) is 0 Å². The van der Waals surface area contributed by atoms with Crippen LogP contribution in [0.2, 0.25) is 0 Å². The third-order valence-corrected chi connectivity index (χ3v) is 5.57. The molecule has 3 nitrogen and oxygen atoms in total. The molecule has 0 N–H and O–H groups in total. The normalized spacial score (nSPS) is 25.3. The Hall–Kier alpha value is -0.700. The summed E-state index contributed by atoms with van der Waals surface area (Å²) in [4.78, 5) is 22.2. The summed E-state index contributed by atoms with van der Waals surface area (Å²) < 4.78 is 5.13. The van der Waals surface area contributed by atoms with Crippen LogP contribution in [0.4, 0.5) is 0 Å². The molecule has 0 aromatic carbocycles. The Bertz CT molecular complexity index is 404. The maximum Gasteiger partial charge on any atom is 0.135 e. The Morgan fingerprint density at radius 1 is 1.00 bits per heavy atom. The molecule has 1 aliphatic heterocycles. The summed E-state index contributed by atoms with van der Waals surface area (Å²) >= 11 is 0. The number of carbonyl (C=O) groups is 2. The molecule has 0 aromatic heterocycles. The third-order valence-electron chi connectivity index (χ3n) is 5.57. The minimum Gasteiger partial charge on any atom is -0.380 e. The lowest BCUT2D eigenvalue weighted by Gasteiger charge is -2.52. The van der Waals surface area contributed by atoms with E-state index in [4.69, 9.17) is 4.74 Å². The molecule has 3 heteroatoms. The quantitative estimate of drug-likeness (QED) is 0.765. The first-order valence-corrected chi connectivity index (χ1v) is 8.91. The van der Waals surface area contributed by atoms with Crippen molar-refractivity contribution in [3.63, 3.8) is 0 Å². The Morgan fingerprint density at radius 2 is 1.59 bits per heavy atom. The van der Waals surface area contributed by atoms with Gasteiger partial charge in [-0.15, -0.1) is 0 Å². The highest BCUT2D eigenvalue weighted by Crippen LogP contribution is 2.51. The molecule has 1 saturated heterocycles. The van der Waals surface area contributed by atoms with E-state index in [1.54, 1.807) is 0 Å². The lowest BCUT2D eigenvalue weighted by Crippen LogP contribution is -2.53. The van der Waals surface area contributed by atoms with Gasteiger partial charge in [-0.1, -0.05) is 27.7 Å². The van der Waals surface area contributed by atoms with Gasteiger partial charge in [-0.05, 0) is 37.0 Å². The van der Waals surface area contributed by atoms with Gasteiger partial charge in [-0.2, -0.15) is 0 Å². The number of Topliss-reactive ketones (excluding diaryl/α,β-unsaturated/α-hetero) is 2. The van der Waals surface area contributed by atoms with Crippen molar-refractivity contribution in [2.75, 3.05) is 13.2 Å². The SMILES string of the molecule is CCC(=O)C1CC2(COC2)C1.CCC(=O)CC1CC(C)(C)C1. The molecule has 3 aliphatic rings. The van der Waals surface area contributed by atoms with Crippen LogP contribution in [-0.2, 0) is 14.3 Å². The van der Waals surface area contributed by atoms with Crippen LogP contribution in [-0.4, -0.2) is 24.8 Å². The van der Waals surface area contributed by atoms with Gasteiger partial charge in [0.15, 0.2) is 0 Å². The minimum atomic E-state index is 0.379. The molecule has 0 radical (unpaired) electrons. The fourth-order valence-electron chi connectivity index (χ4n) is 4.24. The molecular formula is C19H32O3. The molecule has 1 spiro atoms. The predicted octanol–water partition coefficient (Wildman–Crippen LogP) is 4.18. The number of rotatable bonds is 5. The van der Waals surface area contributed by atoms with Crippen molar-refractivity contribution in [1.29, 1.82) is 0 Å². The van der Waals surface area contributed by atoms with Gasteiger partial charge in [0.2, 0.25) is 0 Å². The Morgan fingerprint density at radius 3 is 1.95 bits per heavy atom. The molecule has 0 bridgehead atoms. The molecular weight excluding hydrogens is 276 g/mol. The highest BCUT2D eigenvalue weighted by Gasteiger charge is 2.51. The van der Waals surface area contributed by atoms with E-state index in [1.807, 2.05) is 13.8 Å². The largest absolute Gasteiger partial charge is 0.380 e. The Labute approximate surface area is 135 Å². The van der Waals surface area contributed by atoms with E-state index in [2.05, 4.69) is 13.8 Å². The van der Waals surface area contributed by atoms with Crippen molar-refractivity contribution in [3.05, 3.63) is 0 Å². The van der Waals surface area contributed by atoms with Crippen molar-refractivity contribution in [3.8, 4) is 0 Å². The average molecular weight is 308 g/mol. The van der Waals surface area contributed by atoms with E-state index < -0.39 is 0 Å². The van der Waals surface area contributed by atoms with Gasteiger partial charge in [0.25, 0.3) is 0 Å². The van der Waals surface area contributed by atoms with E-state index in [9.17, 15) is 9.59 Å². The Kier molecular flexibility index (Phi) is 5.47. The van der Waals surface area contributed by atoms with Crippen molar-refractivity contribution in [1.82, 2.24) is 0 Å². The van der Waals surface area contributed by atoms with Crippen molar-refractivity contribution in [2.24, 2.45) is 22.7 Å². The molecule has 3 fully saturated rings. The fourth-order valence-corrected chi connectivity index (χ4v) is 4.24. The van der Waals surface area contributed by atoms with Crippen LogP contribution in [0.25, 0.3) is 0 Å². The maximum atomic E-state index is 11.2. The van der Waals surface area contributed by atoms with Gasteiger partial charge < -0.3 is 4.74 Å². The first-order chi connectivity index (χ1) is 10.3. The lowest BCUT2D eigenvalue weighted by atomic mass is 9.59. The first kappa shape index (κ1) is 17.7. The third kappa shape index (κ3) is 4.18. The number of ketones is 2. The second-order valence-electron chi connectivity index (χ2n) is 8.45. The number of hydrogen-bond acceptors (Lipinski definition) is 3. The van der Waals surface area contributed by atoms with Gasteiger partial charge in [0.1, 0.15) is 11.6 Å². The number of hydrogen-bond donors (Lipinski definition) is 0. The highest BCUT2D eigenvalue weighted by atomic mass is 16.5. The second-order valence-corrected chi connectivity index (χ2v) is 8.45.